The van der Waals surface area contributed by atoms with E-state index in [4.69, 9.17) is 18.9 Å². The Morgan fingerprint density at radius 2 is 1.41 bits per heavy atom. The summed E-state index contributed by atoms with van der Waals surface area (Å²) in [5.41, 5.74) is 2.27. The molecule has 2 rings (SSSR count). The van der Waals surface area contributed by atoms with Crippen LogP contribution in [-0.4, -0.2) is 27.9 Å². The second kappa shape index (κ2) is 10.1. The van der Waals surface area contributed by atoms with Gasteiger partial charge in [0.25, 0.3) is 0 Å². The minimum Gasteiger partial charge on any atom is -0.493 e. The molecule has 0 radical (unpaired) electrons. The van der Waals surface area contributed by atoms with E-state index in [1.165, 1.54) is 0 Å². The molecule has 0 aliphatic heterocycles. The van der Waals surface area contributed by atoms with Gasteiger partial charge in [-0.1, -0.05) is 26.0 Å². The van der Waals surface area contributed by atoms with Gasteiger partial charge in [0.1, 0.15) is 0 Å². The van der Waals surface area contributed by atoms with Crippen molar-refractivity contribution in [1.82, 2.24) is 5.32 Å². The Kier molecular flexibility index (Phi) is 7.80. The van der Waals surface area contributed by atoms with E-state index in [1.807, 2.05) is 30.3 Å². The molecule has 0 saturated carbocycles. The smallest absolute Gasteiger partial charge is 0.161 e. The molecule has 0 fully saturated rings. The van der Waals surface area contributed by atoms with Crippen molar-refractivity contribution in [1.29, 1.82) is 0 Å². The van der Waals surface area contributed by atoms with Crippen molar-refractivity contribution >= 4 is 0 Å². The number of benzene rings is 2. The normalized spacial score (nSPS) is 12.0. The van der Waals surface area contributed by atoms with Crippen molar-refractivity contribution in [3.8, 4) is 23.0 Å². The van der Waals surface area contributed by atoms with E-state index in [0.29, 0.717) is 12.5 Å². The van der Waals surface area contributed by atoms with Crippen molar-refractivity contribution in [2.45, 2.75) is 33.4 Å². The lowest BCUT2D eigenvalue weighted by atomic mass is 10.1. The van der Waals surface area contributed by atoms with Crippen LogP contribution in [0.1, 0.15) is 37.9 Å². The van der Waals surface area contributed by atoms with E-state index in [9.17, 15) is 0 Å². The lowest BCUT2D eigenvalue weighted by Crippen LogP contribution is -2.18. The topological polar surface area (TPSA) is 49.0 Å². The van der Waals surface area contributed by atoms with Crippen molar-refractivity contribution in [3.05, 3.63) is 47.5 Å². The fourth-order valence-corrected chi connectivity index (χ4v) is 2.71. The van der Waals surface area contributed by atoms with Gasteiger partial charge in [0.15, 0.2) is 23.0 Å². The minimum absolute atomic E-state index is 0.158. The third-order valence-electron chi connectivity index (χ3n) is 4.32. The molecule has 27 heavy (non-hydrogen) atoms. The lowest BCUT2D eigenvalue weighted by Gasteiger charge is -2.18. The van der Waals surface area contributed by atoms with Crippen molar-refractivity contribution in [2.24, 2.45) is 5.92 Å². The molecule has 0 bridgehead atoms. The van der Waals surface area contributed by atoms with Crippen LogP contribution in [0.3, 0.4) is 0 Å². The number of ether oxygens (including phenoxy) is 4. The van der Waals surface area contributed by atoms with E-state index in [-0.39, 0.29) is 6.04 Å². The van der Waals surface area contributed by atoms with Crippen LogP contribution in [0, 0.1) is 5.92 Å². The summed E-state index contributed by atoms with van der Waals surface area (Å²) in [5, 5.41) is 3.53. The summed E-state index contributed by atoms with van der Waals surface area (Å²) in [4.78, 5) is 0. The molecule has 1 unspecified atom stereocenters. The molecular weight excluding hydrogens is 342 g/mol. The van der Waals surface area contributed by atoms with Gasteiger partial charge in [-0.05, 0) is 48.2 Å². The summed E-state index contributed by atoms with van der Waals surface area (Å²) < 4.78 is 22.0. The molecule has 1 atom stereocenters. The van der Waals surface area contributed by atoms with Crippen LogP contribution in [0.4, 0.5) is 0 Å². The summed E-state index contributed by atoms with van der Waals surface area (Å²) in [6.45, 7) is 7.77. The van der Waals surface area contributed by atoms with Crippen LogP contribution in [0.2, 0.25) is 0 Å². The highest BCUT2D eigenvalue weighted by Gasteiger charge is 2.12. The zero-order valence-corrected chi connectivity index (χ0v) is 17.2. The van der Waals surface area contributed by atoms with E-state index in [1.54, 1.807) is 21.3 Å². The first kappa shape index (κ1) is 20.9. The lowest BCUT2D eigenvalue weighted by molar-refractivity contribution is 0.256. The molecule has 0 heterocycles. The number of hydrogen-bond donors (Lipinski definition) is 1. The summed E-state index contributed by atoms with van der Waals surface area (Å²) in [6, 6.07) is 12.2. The van der Waals surface area contributed by atoms with Crippen LogP contribution in [0.25, 0.3) is 0 Å². The van der Waals surface area contributed by atoms with E-state index in [0.717, 1.165) is 40.7 Å². The SMILES string of the molecule is COc1ccc(CNC(C)c2ccc(OCC(C)C)c(OC)c2)cc1OC. The van der Waals surface area contributed by atoms with Gasteiger partial charge < -0.3 is 24.3 Å². The number of nitrogens with one attached hydrogen (secondary N) is 1. The van der Waals surface area contributed by atoms with E-state index in [2.05, 4.69) is 32.2 Å². The summed E-state index contributed by atoms with van der Waals surface area (Å²) in [7, 11) is 4.95. The summed E-state index contributed by atoms with van der Waals surface area (Å²) >= 11 is 0. The molecule has 2 aromatic carbocycles. The molecule has 0 saturated heterocycles. The molecule has 0 aromatic heterocycles. The molecule has 0 aliphatic rings. The second-order valence-corrected chi connectivity index (χ2v) is 6.91. The number of rotatable bonds is 10. The fraction of sp³-hybridized carbons (Fsp3) is 0.455. The summed E-state index contributed by atoms with van der Waals surface area (Å²) in [6.07, 6.45) is 0. The highest BCUT2D eigenvalue weighted by atomic mass is 16.5. The standard InChI is InChI=1S/C22H31NO4/c1-15(2)14-27-20-10-8-18(12-22(20)26-6)16(3)23-13-17-7-9-19(24-4)21(11-17)25-5/h7-12,15-16,23H,13-14H2,1-6H3. The van der Waals surface area contributed by atoms with Crippen LogP contribution in [0.15, 0.2) is 36.4 Å². The molecule has 5 nitrogen and oxygen atoms in total. The Balaban J connectivity index is 2.04. The Bertz CT molecular complexity index is 730. The Morgan fingerprint density at radius 3 is 2.04 bits per heavy atom. The van der Waals surface area contributed by atoms with Gasteiger partial charge in [-0.3, -0.25) is 0 Å². The maximum Gasteiger partial charge on any atom is 0.161 e. The van der Waals surface area contributed by atoms with Crippen LogP contribution in [-0.2, 0) is 6.54 Å². The van der Waals surface area contributed by atoms with Gasteiger partial charge in [-0.15, -0.1) is 0 Å². The van der Waals surface area contributed by atoms with E-state index >= 15 is 0 Å². The first-order valence-corrected chi connectivity index (χ1v) is 9.23. The fourth-order valence-electron chi connectivity index (χ4n) is 2.71. The molecule has 1 N–H and O–H groups in total. The molecule has 0 aliphatic carbocycles. The molecule has 5 heteroatoms. The van der Waals surface area contributed by atoms with Gasteiger partial charge in [0.05, 0.1) is 27.9 Å². The zero-order valence-electron chi connectivity index (χ0n) is 17.2. The predicted octanol–water partition coefficient (Wildman–Crippen LogP) is 4.60. The number of hydrogen-bond acceptors (Lipinski definition) is 5. The van der Waals surface area contributed by atoms with Gasteiger partial charge in [0, 0.05) is 12.6 Å². The molecular formula is C22H31NO4. The van der Waals surface area contributed by atoms with Crippen molar-refractivity contribution in [2.75, 3.05) is 27.9 Å². The largest absolute Gasteiger partial charge is 0.493 e. The average Bonchev–Trinajstić information content (AvgIpc) is 2.69. The van der Waals surface area contributed by atoms with E-state index < -0.39 is 0 Å². The Morgan fingerprint density at radius 1 is 0.778 bits per heavy atom. The highest BCUT2D eigenvalue weighted by Crippen LogP contribution is 2.31. The Hall–Kier alpha value is -2.40. The van der Waals surface area contributed by atoms with Crippen molar-refractivity contribution in [3.63, 3.8) is 0 Å². The van der Waals surface area contributed by atoms with Gasteiger partial charge in [0.2, 0.25) is 0 Å². The van der Waals surface area contributed by atoms with Gasteiger partial charge in [-0.25, -0.2) is 0 Å². The summed E-state index contributed by atoms with van der Waals surface area (Å²) in [5.74, 6) is 3.47. The monoisotopic (exact) mass is 373 g/mol. The number of methoxy groups -OCH3 is 3. The van der Waals surface area contributed by atoms with Crippen LogP contribution >= 0.6 is 0 Å². The quantitative estimate of drug-likeness (QED) is 0.660. The maximum absolute atomic E-state index is 5.83. The highest BCUT2D eigenvalue weighted by molar-refractivity contribution is 5.44. The third-order valence-corrected chi connectivity index (χ3v) is 4.32. The molecule has 148 valence electrons. The Labute approximate surface area is 162 Å². The average molecular weight is 373 g/mol. The van der Waals surface area contributed by atoms with Gasteiger partial charge >= 0.3 is 0 Å². The predicted molar refractivity (Wildman–Crippen MR) is 108 cm³/mol. The minimum atomic E-state index is 0.158. The molecule has 0 spiro atoms. The zero-order chi connectivity index (χ0) is 19.8. The maximum atomic E-state index is 5.83. The van der Waals surface area contributed by atoms with Crippen molar-refractivity contribution < 1.29 is 18.9 Å². The third kappa shape index (κ3) is 5.79. The molecule has 2 aromatic rings. The van der Waals surface area contributed by atoms with Crippen LogP contribution < -0.4 is 24.3 Å². The van der Waals surface area contributed by atoms with Gasteiger partial charge in [-0.2, -0.15) is 0 Å². The first-order chi connectivity index (χ1) is 13.0. The first-order valence-electron chi connectivity index (χ1n) is 9.23. The second-order valence-electron chi connectivity index (χ2n) is 6.91. The molecule has 0 amide bonds. The van der Waals surface area contributed by atoms with Crippen LogP contribution in [0.5, 0.6) is 23.0 Å².